The van der Waals surface area contributed by atoms with Crippen LogP contribution in [0.4, 0.5) is 0 Å². The zero-order valence-corrected chi connectivity index (χ0v) is 15.1. The van der Waals surface area contributed by atoms with E-state index < -0.39 is 7.26 Å². The maximum Gasteiger partial charge on any atom is 0.0998 e. The predicted molar refractivity (Wildman–Crippen MR) is 109 cm³/mol. The fourth-order valence-electron chi connectivity index (χ4n) is 3.21. The lowest BCUT2D eigenvalue weighted by Crippen LogP contribution is -2.26. The zero-order valence-electron chi connectivity index (χ0n) is 14.2. The Labute approximate surface area is 146 Å². The van der Waals surface area contributed by atoms with Crippen LogP contribution in [0, 0.1) is 0 Å². The third-order valence-corrected chi connectivity index (χ3v) is 8.76. The van der Waals surface area contributed by atoms with Crippen LogP contribution in [0.1, 0.15) is 12.5 Å². The second-order valence-electron chi connectivity index (χ2n) is 6.03. The van der Waals surface area contributed by atoms with Crippen molar-refractivity contribution < 1.29 is 0 Å². The summed E-state index contributed by atoms with van der Waals surface area (Å²) in [5, 5.41) is 2.97. The van der Waals surface area contributed by atoms with Gasteiger partial charge < -0.3 is 0 Å². The Balaban J connectivity index is 2.16. The lowest BCUT2D eigenvalue weighted by molar-refractivity contribution is 1.37. The van der Waals surface area contributed by atoms with Gasteiger partial charge in [0, 0.05) is 0 Å². The molecule has 3 rings (SSSR count). The fraction of sp³-hybridized carbons (Fsp3) is 0.130. The van der Waals surface area contributed by atoms with Gasteiger partial charge in [0.1, 0.15) is 0 Å². The van der Waals surface area contributed by atoms with E-state index in [0.29, 0.717) is 0 Å². The van der Waals surface area contributed by atoms with Crippen molar-refractivity contribution in [1.82, 2.24) is 0 Å². The molecule has 0 bridgehead atoms. The van der Waals surface area contributed by atoms with Gasteiger partial charge in [0.05, 0.1) is 30.2 Å². The molecular weight excluding hydrogens is 307 g/mol. The zero-order chi connectivity index (χ0) is 16.7. The summed E-state index contributed by atoms with van der Waals surface area (Å²) in [7, 11) is -1.53. The van der Waals surface area contributed by atoms with Crippen LogP contribution < -0.4 is 10.6 Å². The number of benzene rings is 3. The van der Waals surface area contributed by atoms with Crippen LogP contribution >= 0.6 is 7.26 Å². The Morgan fingerprint density at radius 3 is 1.58 bits per heavy atom. The van der Waals surface area contributed by atoms with Crippen LogP contribution in [0.5, 0.6) is 0 Å². The molecule has 0 fully saturated rings. The van der Waals surface area contributed by atoms with Gasteiger partial charge in [-0.2, -0.15) is 0 Å². The summed E-state index contributed by atoms with van der Waals surface area (Å²) in [6.07, 6.45) is 6.74. The van der Waals surface area contributed by atoms with Gasteiger partial charge >= 0.3 is 0 Å². The molecule has 0 heterocycles. The third-order valence-electron chi connectivity index (χ3n) is 4.45. The average Bonchev–Trinajstić information content (AvgIpc) is 2.67. The Morgan fingerprint density at radius 2 is 1.12 bits per heavy atom. The van der Waals surface area contributed by atoms with Crippen molar-refractivity contribution in [3.63, 3.8) is 0 Å². The van der Waals surface area contributed by atoms with Gasteiger partial charge in [-0.1, -0.05) is 78.9 Å². The highest BCUT2D eigenvalue weighted by Gasteiger charge is 2.41. The summed E-state index contributed by atoms with van der Waals surface area (Å²) in [6.45, 7) is 2.12. The predicted octanol–water partition coefficient (Wildman–Crippen LogP) is 5.43. The standard InChI is InChI=1S/C23H24P/c1-2-3-19-24(22-15-9-5-10-16-22,23-17-11-6-12-18-23)20-21-13-7-4-8-14-21/h2-18H,19-20H2,1H3/q+1/b3-2+. The minimum atomic E-state index is -1.53. The maximum atomic E-state index is 2.34. The minimum Gasteiger partial charge on any atom is -0.0881 e. The molecule has 0 radical (unpaired) electrons. The molecule has 1 heteroatoms. The lowest BCUT2D eigenvalue weighted by atomic mass is 10.2. The van der Waals surface area contributed by atoms with Crippen LogP contribution in [0.2, 0.25) is 0 Å². The molecule has 0 amide bonds. The van der Waals surface area contributed by atoms with E-state index in [1.165, 1.54) is 16.2 Å². The van der Waals surface area contributed by atoms with E-state index >= 15 is 0 Å². The third kappa shape index (κ3) is 3.66. The average molecular weight is 331 g/mol. The van der Waals surface area contributed by atoms with Crippen molar-refractivity contribution in [3.05, 3.63) is 109 Å². The van der Waals surface area contributed by atoms with E-state index in [4.69, 9.17) is 0 Å². The Kier molecular flexibility index (Phi) is 5.62. The number of rotatable bonds is 6. The molecule has 0 saturated heterocycles. The molecule has 0 aliphatic rings. The molecule has 0 unspecified atom stereocenters. The van der Waals surface area contributed by atoms with Gasteiger partial charge in [-0.15, -0.1) is 0 Å². The first-order valence-corrected chi connectivity index (χ1v) is 10.6. The number of hydrogen-bond acceptors (Lipinski definition) is 0. The Morgan fingerprint density at radius 1 is 0.667 bits per heavy atom. The summed E-state index contributed by atoms with van der Waals surface area (Å²) in [4.78, 5) is 0. The monoisotopic (exact) mass is 331 g/mol. The van der Waals surface area contributed by atoms with Gasteiger partial charge in [0.2, 0.25) is 0 Å². The topological polar surface area (TPSA) is 0 Å². The molecule has 0 spiro atoms. The highest BCUT2D eigenvalue weighted by atomic mass is 31.2. The highest BCUT2D eigenvalue weighted by molar-refractivity contribution is 7.89. The SMILES string of the molecule is C/C=C/C[P+](Cc1ccccc1)(c1ccccc1)c1ccccc1. The number of hydrogen-bond donors (Lipinski definition) is 0. The molecule has 3 aromatic rings. The van der Waals surface area contributed by atoms with Crippen molar-refractivity contribution in [2.45, 2.75) is 13.1 Å². The molecule has 0 saturated carbocycles. The number of allylic oxidation sites excluding steroid dienone is 2. The van der Waals surface area contributed by atoms with Crippen LogP contribution in [0.15, 0.2) is 103 Å². The summed E-state index contributed by atoms with van der Waals surface area (Å²) < 4.78 is 0. The van der Waals surface area contributed by atoms with Crippen molar-refractivity contribution in [2.24, 2.45) is 0 Å². The van der Waals surface area contributed by atoms with Crippen LogP contribution in [0.25, 0.3) is 0 Å². The summed E-state index contributed by atoms with van der Waals surface area (Å²) in [5.41, 5.74) is 1.42. The van der Waals surface area contributed by atoms with Crippen LogP contribution in [-0.2, 0) is 6.16 Å². The van der Waals surface area contributed by atoms with E-state index in [1.54, 1.807) is 0 Å². The van der Waals surface area contributed by atoms with Crippen molar-refractivity contribution in [1.29, 1.82) is 0 Å². The molecule has 0 nitrogen and oxygen atoms in total. The summed E-state index contributed by atoms with van der Waals surface area (Å²) in [5.74, 6) is 0. The van der Waals surface area contributed by atoms with Gasteiger partial charge in [0.15, 0.2) is 0 Å². The largest absolute Gasteiger partial charge is 0.0998 e. The summed E-state index contributed by atoms with van der Waals surface area (Å²) in [6, 6.07) is 33.1. The second kappa shape index (κ2) is 8.08. The van der Waals surface area contributed by atoms with E-state index in [0.717, 1.165) is 12.3 Å². The van der Waals surface area contributed by atoms with Gasteiger partial charge in [-0.25, -0.2) is 0 Å². The lowest BCUT2D eigenvalue weighted by Gasteiger charge is -2.27. The first-order valence-electron chi connectivity index (χ1n) is 8.48. The maximum absolute atomic E-state index is 2.34. The van der Waals surface area contributed by atoms with E-state index in [2.05, 4.69) is 110 Å². The van der Waals surface area contributed by atoms with Crippen molar-refractivity contribution >= 4 is 17.9 Å². The molecule has 0 aliphatic heterocycles. The van der Waals surface area contributed by atoms with Crippen molar-refractivity contribution in [2.75, 3.05) is 6.16 Å². The minimum absolute atomic E-state index is 1.10. The Bertz CT molecular complexity index is 721. The second-order valence-corrected chi connectivity index (χ2v) is 9.68. The first kappa shape index (κ1) is 16.7. The van der Waals surface area contributed by atoms with Gasteiger partial charge in [-0.3, -0.25) is 0 Å². The van der Waals surface area contributed by atoms with Crippen LogP contribution in [-0.4, -0.2) is 6.16 Å². The quantitative estimate of drug-likeness (QED) is 0.417. The highest BCUT2D eigenvalue weighted by Crippen LogP contribution is 2.59. The van der Waals surface area contributed by atoms with Crippen molar-refractivity contribution in [3.8, 4) is 0 Å². The molecule has 0 atom stereocenters. The van der Waals surface area contributed by atoms with Gasteiger partial charge in [-0.05, 0) is 36.8 Å². The molecule has 0 aliphatic carbocycles. The van der Waals surface area contributed by atoms with Gasteiger partial charge in [0.25, 0.3) is 0 Å². The molecule has 0 aromatic heterocycles. The smallest absolute Gasteiger partial charge is 0.0881 e. The van der Waals surface area contributed by atoms with E-state index in [1.807, 2.05) is 0 Å². The van der Waals surface area contributed by atoms with E-state index in [9.17, 15) is 0 Å². The molecule has 0 N–H and O–H groups in total. The molecular formula is C23H24P+. The Hall–Kier alpha value is -2.17. The normalized spacial score (nSPS) is 11.7. The molecule has 3 aromatic carbocycles. The first-order chi connectivity index (χ1) is 11.8. The summed E-state index contributed by atoms with van der Waals surface area (Å²) >= 11 is 0. The van der Waals surface area contributed by atoms with Crippen LogP contribution in [0.3, 0.4) is 0 Å². The molecule has 120 valence electrons. The fourth-order valence-corrected chi connectivity index (χ4v) is 7.32. The molecule has 24 heavy (non-hydrogen) atoms. The van der Waals surface area contributed by atoms with E-state index in [-0.39, 0.29) is 0 Å².